The van der Waals surface area contributed by atoms with Crippen LogP contribution in [0.15, 0.2) is 4.99 Å². The van der Waals surface area contributed by atoms with Gasteiger partial charge in [0.05, 0.1) is 12.7 Å². The third-order valence-electron chi connectivity index (χ3n) is 3.97. The fourth-order valence-corrected chi connectivity index (χ4v) is 2.60. The third-order valence-corrected chi connectivity index (χ3v) is 3.97. The molecule has 1 aliphatic rings. The second kappa shape index (κ2) is 16.4. The molecule has 1 rings (SSSR count). The highest BCUT2D eigenvalue weighted by Gasteiger charge is 2.21. The van der Waals surface area contributed by atoms with Crippen LogP contribution in [0, 0.1) is 0 Å². The molecule has 144 valence electrons. The summed E-state index contributed by atoms with van der Waals surface area (Å²) in [6, 6.07) is 0. The first-order chi connectivity index (χ1) is 11.3. The Labute approximate surface area is 164 Å². The molecule has 0 bridgehead atoms. The molecule has 0 aliphatic carbocycles. The van der Waals surface area contributed by atoms with Crippen LogP contribution in [0.25, 0.3) is 0 Å². The molecule has 0 unspecified atom stereocenters. The first-order valence-electron chi connectivity index (χ1n) is 8.95. The maximum absolute atomic E-state index is 5.90. The van der Waals surface area contributed by atoms with Crippen LogP contribution in [0.1, 0.15) is 39.0 Å². The standard InChI is InChI=1S/C17H35N3O3.HI/c1-4-5-13-22-15-9-19-17(18-2)20-10-7-16(8-11-20)23-14-6-12-21-3;/h16H,4-15H2,1-3H3,(H,18,19);1H. The van der Waals surface area contributed by atoms with Crippen LogP contribution in [0.2, 0.25) is 0 Å². The SMILES string of the molecule is CCCCOCCNC(=NC)N1CCC(OCCCOC)CC1.I. The lowest BCUT2D eigenvalue weighted by Crippen LogP contribution is -2.47. The number of likely N-dealkylation sites (tertiary alicyclic amines) is 1. The summed E-state index contributed by atoms with van der Waals surface area (Å²) >= 11 is 0. The van der Waals surface area contributed by atoms with E-state index in [-0.39, 0.29) is 24.0 Å². The summed E-state index contributed by atoms with van der Waals surface area (Å²) in [5.74, 6) is 0.974. The van der Waals surface area contributed by atoms with Crippen molar-refractivity contribution in [2.45, 2.75) is 45.1 Å². The van der Waals surface area contributed by atoms with Gasteiger partial charge in [0.1, 0.15) is 0 Å². The molecule has 0 aromatic heterocycles. The van der Waals surface area contributed by atoms with E-state index in [1.807, 2.05) is 7.05 Å². The number of piperidine rings is 1. The van der Waals surface area contributed by atoms with E-state index in [4.69, 9.17) is 14.2 Å². The van der Waals surface area contributed by atoms with Gasteiger partial charge in [-0.2, -0.15) is 0 Å². The molecule has 0 amide bonds. The molecule has 1 N–H and O–H groups in total. The van der Waals surface area contributed by atoms with Gasteiger partial charge in [-0.05, 0) is 25.7 Å². The Morgan fingerprint density at radius 3 is 2.50 bits per heavy atom. The number of hydrogen-bond acceptors (Lipinski definition) is 4. The van der Waals surface area contributed by atoms with Gasteiger partial charge in [-0.3, -0.25) is 4.99 Å². The third kappa shape index (κ3) is 10.7. The van der Waals surface area contributed by atoms with Gasteiger partial charge in [0.15, 0.2) is 5.96 Å². The number of hydrogen-bond donors (Lipinski definition) is 1. The van der Waals surface area contributed by atoms with Crippen LogP contribution in [0.3, 0.4) is 0 Å². The molecule has 1 saturated heterocycles. The second-order valence-corrected chi connectivity index (χ2v) is 5.84. The highest BCUT2D eigenvalue weighted by Crippen LogP contribution is 2.14. The van der Waals surface area contributed by atoms with E-state index < -0.39 is 0 Å². The van der Waals surface area contributed by atoms with Gasteiger partial charge in [-0.15, -0.1) is 24.0 Å². The largest absolute Gasteiger partial charge is 0.385 e. The molecule has 1 fully saturated rings. The first kappa shape index (κ1) is 23.9. The van der Waals surface area contributed by atoms with E-state index in [0.717, 1.165) is 77.7 Å². The van der Waals surface area contributed by atoms with Gasteiger partial charge >= 0.3 is 0 Å². The van der Waals surface area contributed by atoms with Gasteiger partial charge < -0.3 is 24.4 Å². The highest BCUT2D eigenvalue weighted by atomic mass is 127. The van der Waals surface area contributed by atoms with Crippen molar-refractivity contribution in [2.24, 2.45) is 4.99 Å². The van der Waals surface area contributed by atoms with Gasteiger partial charge in [-0.1, -0.05) is 13.3 Å². The summed E-state index contributed by atoms with van der Waals surface area (Å²) in [4.78, 5) is 6.68. The molecule has 6 nitrogen and oxygen atoms in total. The number of nitrogens with zero attached hydrogens (tertiary/aromatic N) is 2. The number of methoxy groups -OCH3 is 1. The van der Waals surface area contributed by atoms with Crippen molar-refractivity contribution in [1.29, 1.82) is 0 Å². The molecule has 0 atom stereocenters. The van der Waals surface area contributed by atoms with Crippen molar-refractivity contribution in [1.82, 2.24) is 10.2 Å². The Kier molecular flexibility index (Phi) is 16.3. The fourth-order valence-electron chi connectivity index (χ4n) is 2.60. The molecule has 0 saturated carbocycles. The monoisotopic (exact) mass is 457 g/mol. The Bertz CT molecular complexity index is 311. The molecular formula is C17H36IN3O3. The van der Waals surface area contributed by atoms with Crippen LogP contribution >= 0.6 is 24.0 Å². The van der Waals surface area contributed by atoms with E-state index in [1.165, 1.54) is 6.42 Å². The lowest BCUT2D eigenvalue weighted by atomic mass is 10.1. The quantitative estimate of drug-likeness (QED) is 0.224. The number of unbranched alkanes of at least 4 members (excludes halogenated alkanes) is 1. The number of rotatable bonds is 11. The van der Waals surface area contributed by atoms with Crippen LogP contribution in [-0.4, -0.2) is 77.2 Å². The van der Waals surface area contributed by atoms with Crippen molar-refractivity contribution in [3.63, 3.8) is 0 Å². The zero-order valence-electron chi connectivity index (χ0n) is 15.6. The number of aliphatic imine (C=N–C) groups is 1. The highest BCUT2D eigenvalue weighted by molar-refractivity contribution is 14.0. The maximum atomic E-state index is 5.90. The van der Waals surface area contributed by atoms with E-state index in [0.29, 0.717) is 6.10 Å². The van der Waals surface area contributed by atoms with E-state index in [2.05, 4.69) is 22.1 Å². The number of nitrogens with one attached hydrogen (secondary N) is 1. The van der Waals surface area contributed by atoms with Crippen molar-refractivity contribution in [3.8, 4) is 0 Å². The number of ether oxygens (including phenoxy) is 3. The van der Waals surface area contributed by atoms with Crippen molar-refractivity contribution >= 4 is 29.9 Å². The zero-order chi connectivity index (χ0) is 16.8. The molecule has 0 aromatic carbocycles. The lowest BCUT2D eigenvalue weighted by molar-refractivity contribution is 0.00984. The molecule has 1 aliphatic heterocycles. The summed E-state index contributed by atoms with van der Waals surface area (Å²) in [5, 5.41) is 3.38. The summed E-state index contributed by atoms with van der Waals surface area (Å²) in [5.41, 5.74) is 0. The van der Waals surface area contributed by atoms with Crippen molar-refractivity contribution < 1.29 is 14.2 Å². The Balaban J connectivity index is 0.00000529. The van der Waals surface area contributed by atoms with Crippen LogP contribution in [0.4, 0.5) is 0 Å². The minimum atomic E-state index is 0. The molecule has 24 heavy (non-hydrogen) atoms. The molecule has 0 aromatic rings. The van der Waals surface area contributed by atoms with Crippen molar-refractivity contribution in [2.75, 3.05) is 60.2 Å². The zero-order valence-corrected chi connectivity index (χ0v) is 17.9. The number of halogens is 1. The normalized spacial score (nSPS) is 16.1. The summed E-state index contributed by atoms with van der Waals surface area (Å²) < 4.78 is 16.5. The average Bonchev–Trinajstić information content (AvgIpc) is 2.59. The summed E-state index contributed by atoms with van der Waals surface area (Å²) in [6.45, 7) is 8.12. The molecule has 1 heterocycles. The average molecular weight is 457 g/mol. The Morgan fingerprint density at radius 2 is 1.88 bits per heavy atom. The van der Waals surface area contributed by atoms with Gasteiger partial charge in [0.2, 0.25) is 0 Å². The predicted molar refractivity (Wildman–Crippen MR) is 110 cm³/mol. The number of guanidine groups is 1. The minimum absolute atomic E-state index is 0. The van der Waals surface area contributed by atoms with Gasteiger partial charge in [-0.25, -0.2) is 0 Å². The smallest absolute Gasteiger partial charge is 0.193 e. The van der Waals surface area contributed by atoms with E-state index in [1.54, 1.807) is 7.11 Å². The summed E-state index contributed by atoms with van der Waals surface area (Å²) in [7, 11) is 3.57. The van der Waals surface area contributed by atoms with Crippen LogP contribution in [-0.2, 0) is 14.2 Å². The minimum Gasteiger partial charge on any atom is -0.385 e. The Morgan fingerprint density at radius 1 is 1.12 bits per heavy atom. The van der Waals surface area contributed by atoms with E-state index in [9.17, 15) is 0 Å². The van der Waals surface area contributed by atoms with Gasteiger partial charge in [0, 0.05) is 53.6 Å². The van der Waals surface area contributed by atoms with Crippen molar-refractivity contribution in [3.05, 3.63) is 0 Å². The second-order valence-electron chi connectivity index (χ2n) is 5.84. The lowest BCUT2D eigenvalue weighted by Gasteiger charge is -2.34. The molecule has 0 spiro atoms. The summed E-state index contributed by atoms with van der Waals surface area (Å²) in [6.07, 6.45) is 5.77. The Hall–Kier alpha value is -0.120. The van der Waals surface area contributed by atoms with Crippen LogP contribution < -0.4 is 5.32 Å². The first-order valence-corrected chi connectivity index (χ1v) is 8.95. The van der Waals surface area contributed by atoms with Gasteiger partial charge in [0.25, 0.3) is 0 Å². The van der Waals surface area contributed by atoms with Crippen LogP contribution in [0.5, 0.6) is 0 Å². The fraction of sp³-hybridized carbons (Fsp3) is 0.941. The molecule has 0 radical (unpaired) electrons. The molecular weight excluding hydrogens is 421 g/mol. The predicted octanol–water partition coefficient (Wildman–Crippen LogP) is 2.51. The molecule has 7 heteroatoms. The topological polar surface area (TPSA) is 55.3 Å². The van der Waals surface area contributed by atoms with E-state index >= 15 is 0 Å². The maximum Gasteiger partial charge on any atom is 0.193 e.